The Hall–Kier alpha value is -1.45. The smallest absolute Gasteiger partial charge is 0.323 e. The minimum absolute atomic E-state index is 0.0186. The fourth-order valence-corrected chi connectivity index (χ4v) is 1.95. The Bertz CT molecular complexity index is 460. The van der Waals surface area contributed by atoms with Gasteiger partial charge in [0.05, 0.1) is 7.11 Å². The molecule has 5 nitrogen and oxygen atoms in total. The Labute approximate surface area is 121 Å². The average molecular weight is 296 g/mol. The van der Waals surface area contributed by atoms with Crippen LogP contribution < -0.4 is 5.32 Å². The fourth-order valence-electron chi connectivity index (χ4n) is 1.73. The first-order valence-corrected chi connectivity index (χ1v) is 6.93. The molecule has 1 amide bonds. The van der Waals surface area contributed by atoms with Gasteiger partial charge in [-0.15, -0.1) is 0 Å². The molecule has 1 N–H and O–H groups in total. The molecule has 2 atom stereocenters. The largest absolute Gasteiger partial charge is 0.468 e. The summed E-state index contributed by atoms with van der Waals surface area (Å²) in [6.07, 6.45) is 0.999. The number of likely N-dealkylation sites (N-methyl/N-ethyl adjacent to an activating group) is 1. The van der Waals surface area contributed by atoms with E-state index in [1.54, 1.807) is 11.6 Å². The predicted octanol–water partition coefficient (Wildman–Crippen LogP) is 1.84. The van der Waals surface area contributed by atoms with Gasteiger partial charge in [-0.1, -0.05) is 28.4 Å². The molecule has 0 radical (unpaired) electrons. The van der Waals surface area contributed by atoms with Crippen molar-refractivity contribution in [2.24, 2.45) is 0 Å². The van der Waals surface area contributed by atoms with E-state index < -0.39 is 0 Å². The van der Waals surface area contributed by atoms with E-state index in [0.717, 1.165) is 11.3 Å². The third kappa shape index (κ3) is 4.91. The van der Waals surface area contributed by atoms with Crippen molar-refractivity contribution in [2.75, 3.05) is 19.5 Å². The summed E-state index contributed by atoms with van der Waals surface area (Å²) in [4.78, 5) is 23.0. The highest BCUT2D eigenvalue weighted by molar-refractivity contribution is 7.13. The number of hydrogen-bond donors (Lipinski definition) is 1. The summed E-state index contributed by atoms with van der Waals surface area (Å²) in [6.45, 7) is 1.80. The highest BCUT2D eigenvalue weighted by Gasteiger charge is 2.21. The molecule has 6 heteroatoms. The van der Waals surface area contributed by atoms with Crippen LogP contribution >= 0.6 is 9.39 Å². The SMILES string of the molecule is CCC(=O)Nc1ccc(C[C@@H](C(=O)OC)N(C)P)cc1. The van der Waals surface area contributed by atoms with Gasteiger partial charge in [0.25, 0.3) is 0 Å². The Morgan fingerprint density at radius 1 is 1.35 bits per heavy atom. The van der Waals surface area contributed by atoms with Gasteiger partial charge in [0.1, 0.15) is 6.04 Å². The fraction of sp³-hybridized carbons (Fsp3) is 0.429. The number of rotatable bonds is 6. The van der Waals surface area contributed by atoms with Crippen molar-refractivity contribution in [1.29, 1.82) is 0 Å². The van der Waals surface area contributed by atoms with Crippen molar-refractivity contribution < 1.29 is 14.3 Å². The first kappa shape index (κ1) is 16.6. The van der Waals surface area contributed by atoms with Crippen molar-refractivity contribution in [2.45, 2.75) is 25.8 Å². The minimum atomic E-state index is -0.346. The molecule has 110 valence electrons. The van der Waals surface area contributed by atoms with Crippen LogP contribution in [0.25, 0.3) is 0 Å². The van der Waals surface area contributed by atoms with Gasteiger partial charge in [-0.2, -0.15) is 0 Å². The molecular weight excluding hydrogens is 275 g/mol. The van der Waals surface area contributed by atoms with Crippen LogP contribution in [0.1, 0.15) is 18.9 Å². The second-order valence-corrected chi connectivity index (χ2v) is 5.32. The van der Waals surface area contributed by atoms with Crippen molar-refractivity contribution in [3.05, 3.63) is 29.8 Å². The number of carbonyl (C=O) groups is 2. The quantitative estimate of drug-likeness (QED) is 0.643. The predicted molar refractivity (Wildman–Crippen MR) is 82.3 cm³/mol. The molecule has 0 spiro atoms. The number of nitrogens with one attached hydrogen (secondary N) is 1. The summed E-state index contributed by atoms with van der Waals surface area (Å²) < 4.78 is 6.53. The second-order valence-electron chi connectivity index (χ2n) is 4.51. The number of nitrogens with zero attached hydrogens (tertiary/aromatic N) is 1. The van der Waals surface area contributed by atoms with Crippen molar-refractivity contribution in [3.63, 3.8) is 0 Å². The molecule has 0 aliphatic rings. The van der Waals surface area contributed by atoms with Crippen LogP contribution in [-0.2, 0) is 20.7 Å². The van der Waals surface area contributed by atoms with Crippen LogP contribution in [0, 0.1) is 0 Å². The van der Waals surface area contributed by atoms with Crippen LogP contribution in [-0.4, -0.2) is 36.7 Å². The molecule has 1 unspecified atom stereocenters. The van der Waals surface area contributed by atoms with E-state index >= 15 is 0 Å². The zero-order valence-corrected chi connectivity index (χ0v) is 13.2. The van der Waals surface area contributed by atoms with Crippen molar-refractivity contribution >= 4 is 27.0 Å². The van der Waals surface area contributed by atoms with Gasteiger partial charge < -0.3 is 10.1 Å². The lowest BCUT2D eigenvalue weighted by Crippen LogP contribution is -2.35. The Kier molecular flexibility index (Phi) is 6.62. The Morgan fingerprint density at radius 3 is 2.40 bits per heavy atom. The number of hydrogen-bond acceptors (Lipinski definition) is 4. The molecule has 0 saturated heterocycles. The molecule has 0 aliphatic carbocycles. The molecule has 20 heavy (non-hydrogen) atoms. The van der Waals surface area contributed by atoms with Gasteiger partial charge in [-0.05, 0) is 31.2 Å². The maximum atomic E-state index is 11.7. The lowest BCUT2D eigenvalue weighted by atomic mass is 10.1. The molecule has 0 aromatic heterocycles. The molecule has 0 heterocycles. The number of esters is 1. The lowest BCUT2D eigenvalue weighted by Gasteiger charge is -2.21. The number of anilines is 1. The summed E-state index contributed by atoms with van der Waals surface area (Å²) in [5, 5.41) is 2.78. The first-order valence-electron chi connectivity index (χ1n) is 6.42. The zero-order chi connectivity index (χ0) is 15.1. The van der Waals surface area contributed by atoms with Gasteiger partial charge in [0.15, 0.2) is 0 Å². The van der Waals surface area contributed by atoms with Crippen molar-refractivity contribution in [3.8, 4) is 0 Å². The molecular formula is C14H21N2O3P. The van der Waals surface area contributed by atoms with E-state index in [0.29, 0.717) is 12.8 Å². The number of methoxy groups -OCH3 is 1. The molecule has 1 aromatic carbocycles. The first-order chi connectivity index (χ1) is 9.47. The summed E-state index contributed by atoms with van der Waals surface area (Å²) >= 11 is 0. The molecule has 0 bridgehead atoms. The van der Waals surface area contributed by atoms with E-state index in [2.05, 4.69) is 14.7 Å². The molecule has 1 aromatic rings. The third-order valence-corrected chi connectivity index (χ3v) is 3.31. The van der Waals surface area contributed by atoms with E-state index in [4.69, 9.17) is 4.74 Å². The average Bonchev–Trinajstić information content (AvgIpc) is 2.45. The summed E-state index contributed by atoms with van der Waals surface area (Å²) in [7, 11) is 5.67. The highest BCUT2D eigenvalue weighted by Crippen LogP contribution is 2.15. The normalized spacial score (nSPS) is 12.1. The van der Waals surface area contributed by atoms with Crippen LogP contribution in [0.5, 0.6) is 0 Å². The van der Waals surface area contributed by atoms with Gasteiger partial charge in [0.2, 0.25) is 5.91 Å². The van der Waals surface area contributed by atoms with E-state index in [1.165, 1.54) is 7.11 Å². The number of carbonyl (C=O) groups excluding carboxylic acids is 2. The Morgan fingerprint density at radius 2 is 1.95 bits per heavy atom. The van der Waals surface area contributed by atoms with E-state index in [9.17, 15) is 9.59 Å². The van der Waals surface area contributed by atoms with Crippen LogP contribution in [0.15, 0.2) is 24.3 Å². The maximum Gasteiger partial charge on any atom is 0.323 e. The third-order valence-electron chi connectivity index (χ3n) is 2.95. The zero-order valence-electron chi connectivity index (χ0n) is 12.1. The summed E-state index contributed by atoms with van der Waals surface area (Å²) in [5.41, 5.74) is 1.76. The number of benzene rings is 1. The van der Waals surface area contributed by atoms with Crippen LogP contribution in [0.2, 0.25) is 0 Å². The van der Waals surface area contributed by atoms with Gasteiger partial charge in [-0.3, -0.25) is 14.3 Å². The molecule has 1 rings (SSSR count). The van der Waals surface area contributed by atoms with Gasteiger partial charge in [-0.25, -0.2) is 0 Å². The standard InChI is InChI=1S/C14H21N2O3P/c1-4-13(17)15-11-7-5-10(6-8-11)9-12(16(2)20)14(18)19-3/h5-8,12H,4,9,20H2,1-3H3,(H,15,17)/t12-/m0/s1. The lowest BCUT2D eigenvalue weighted by molar-refractivity contribution is -0.144. The van der Waals surface area contributed by atoms with Crippen LogP contribution in [0.3, 0.4) is 0 Å². The topological polar surface area (TPSA) is 58.6 Å². The highest BCUT2D eigenvalue weighted by atomic mass is 31.0. The summed E-state index contributed by atoms with van der Waals surface area (Å²) in [5.74, 6) is -0.291. The van der Waals surface area contributed by atoms with Crippen molar-refractivity contribution in [1.82, 2.24) is 4.67 Å². The molecule has 0 fully saturated rings. The maximum absolute atomic E-state index is 11.7. The Balaban J connectivity index is 2.72. The van der Waals surface area contributed by atoms with E-state index in [-0.39, 0.29) is 17.9 Å². The molecule has 0 saturated carbocycles. The number of amides is 1. The van der Waals surface area contributed by atoms with E-state index in [1.807, 2.05) is 31.3 Å². The monoisotopic (exact) mass is 296 g/mol. The van der Waals surface area contributed by atoms with Gasteiger partial charge >= 0.3 is 5.97 Å². The van der Waals surface area contributed by atoms with Crippen LogP contribution in [0.4, 0.5) is 5.69 Å². The second kappa shape index (κ2) is 7.98. The summed E-state index contributed by atoms with van der Waals surface area (Å²) in [6, 6.07) is 7.12. The minimum Gasteiger partial charge on any atom is -0.468 e. The molecule has 0 aliphatic heterocycles. The van der Waals surface area contributed by atoms with Gasteiger partial charge in [0, 0.05) is 12.1 Å². The number of ether oxygens (including phenoxy) is 1.